The highest BCUT2D eigenvalue weighted by molar-refractivity contribution is 5.91. The Morgan fingerprint density at radius 2 is 2.11 bits per heavy atom. The number of nitrogens with one attached hydrogen (secondary N) is 1. The zero-order valence-corrected chi connectivity index (χ0v) is 21.9. The van der Waals surface area contributed by atoms with E-state index in [-0.39, 0.29) is 24.0 Å². The number of hydrogen-bond acceptors (Lipinski definition) is 5. The SMILES string of the molecule is C=NC(=N[C@@H](C)COC)Nn1c(C2CCC(O)CC2)cc(-c2cnn(CC3CC(=O)N(C)C3)c2)c1C. The molecule has 196 valence electrons. The Morgan fingerprint density at radius 3 is 2.75 bits per heavy atom. The zero-order valence-electron chi connectivity index (χ0n) is 21.9. The minimum atomic E-state index is -0.222. The Balaban J connectivity index is 1.62. The maximum atomic E-state index is 11.9. The number of guanidine groups is 1. The molecule has 2 atom stereocenters. The zero-order chi connectivity index (χ0) is 25.8. The van der Waals surface area contributed by atoms with E-state index in [1.54, 1.807) is 12.0 Å². The minimum absolute atomic E-state index is 0.0636. The molecule has 0 spiro atoms. The lowest BCUT2D eigenvalue weighted by atomic mass is 9.85. The van der Waals surface area contributed by atoms with Crippen molar-refractivity contribution < 1.29 is 14.6 Å². The van der Waals surface area contributed by atoms with Gasteiger partial charge < -0.3 is 14.7 Å². The lowest BCUT2D eigenvalue weighted by Gasteiger charge is -2.27. The van der Waals surface area contributed by atoms with Crippen molar-refractivity contribution in [1.82, 2.24) is 19.4 Å². The third-order valence-electron chi connectivity index (χ3n) is 7.31. The predicted octanol–water partition coefficient (Wildman–Crippen LogP) is 2.79. The number of ether oxygens (including phenoxy) is 1. The van der Waals surface area contributed by atoms with Gasteiger partial charge in [0.15, 0.2) is 0 Å². The van der Waals surface area contributed by atoms with Crippen molar-refractivity contribution in [2.24, 2.45) is 15.9 Å². The normalized spacial score (nSPS) is 23.8. The number of amides is 1. The largest absolute Gasteiger partial charge is 0.393 e. The summed E-state index contributed by atoms with van der Waals surface area (Å²) in [6, 6.07) is 2.16. The second kappa shape index (κ2) is 11.4. The van der Waals surface area contributed by atoms with Crippen LogP contribution in [-0.4, -0.2) is 82.5 Å². The van der Waals surface area contributed by atoms with Crippen LogP contribution in [0.4, 0.5) is 0 Å². The van der Waals surface area contributed by atoms with Gasteiger partial charge in [-0.1, -0.05) is 0 Å². The molecule has 1 amide bonds. The topological polar surface area (TPSA) is 109 Å². The van der Waals surface area contributed by atoms with Crippen LogP contribution in [-0.2, 0) is 16.1 Å². The van der Waals surface area contributed by atoms with Gasteiger partial charge in [0, 0.05) is 74.2 Å². The Morgan fingerprint density at radius 1 is 1.36 bits per heavy atom. The van der Waals surface area contributed by atoms with Crippen molar-refractivity contribution in [1.29, 1.82) is 0 Å². The number of aliphatic hydroxyl groups excluding tert-OH is 1. The molecule has 1 saturated carbocycles. The van der Waals surface area contributed by atoms with Gasteiger partial charge in [-0.2, -0.15) is 5.10 Å². The highest BCUT2D eigenvalue weighted by Gasteiger charge is 2.28. The molecule has 0 bridgehead atoms. The van der Waals surface area contributed by atoms with Gasteiger partial charge in [0.1, 0.15) is 0 Å². The van der Waals surface area contributed by atoms with Crippen LogP contribution in [0.5, 0.6) is 0 Å². The fourth-order valence-electron chi connectivity index (χ4n) is 5.38. The van der Waals surface area contributed by atoms with Gasteiger partial charge in [0.2, 0.25) is 11.9 Å². The summed E-state index contributed by atoms with van der Waals surface area (Å²) in [5.74, 6) is 1.22. The highest BCUT2D eigenvalue weighted by atomic mass is 16.5. The monoisotopic (exact) mass is 497 g/mol. The van der Waals surface area contributed by atoms with Crippen molar-refractivity contribution in [3.8, 4) is 11.1 Å². The van der Waals surface area contributed by atoms with E-state index in [9.17, 15) is 9.90 Å². The van der Waals surface area contributed by atoms with Gasteiger partial charge in [-0.25, -0.2) is 9.98 Å². The van der Waals surface area contributed by atoms with Crippen LogP contribution >= 0.6 is 0 Å². The summed E-state index contributed by atoms with van der Waals surface area (Å²) >= 11 is 0. The van der Waals surface area contributed by atoms with E-state index in [0.717, 1.165) is 61.3 Å². The molecule has 2 fully saturated rings. The lowest BCUT2D eigenvalue weighted by Crippen LogP contribution is -2.28. The van der Waals surface area contributed by atoms with Crippen LogP contribution in [0.1, 0.15) is 56.3 Å². The molecule has 3 heterocycles. The molecule has 10 nitrogen and oxygen atoms in total. The van der Waals surface area contributed by atoms with Crippen LogP contribution in [0.15, 0.2) is 28.4 Å². The number of rotatable bonds is 8. The van der Waals surface area contributed by atoms with Gasteiger partial charge in [0.05, 0.1) is 24.9 Å². The van der Waals surface area contributed by atoms with Crippen LogP contribution in [0, 0.1) is 12.8 Å². The Hall–Kier alpha value is -2.98. The van der Waals surface area contributed by atoms with Gasteiger partial charge >= 0.3 is 0 Å². The summed E-state index contributed by atoms with van der Waals surface area (Å²) in [6.45, 7) is 9.73. The molecule has 2 aromatic heterocycles. The number of methoxy groups -OCH3 is 1. The van der Waals surface area contributed by atoms with E-state index in [1.807, 2.05) is 24.9 Å². The second-order valence-electron chi connectivity index (χ2n) is 10.2. The average molecular weight is 498 g/mol. The molecule has 1 unspecified atom stereocenters. The molecule has 0 radical (unpaired) electrons. The van der Waals surface area contributed by atoms with Gasteiger partial charge in [-0.05, 0) is 52.3 Å². The molecule has 2 N–H and O–H groups in total. The molecular formula is C26H39N7O3. The third-order valence-corrected chi connectivity index (χ3v) is 7.31. The molecule has 2 aromatic rings. The Labute approximate surface area is 213 Å². The van der Waals surface area contributed by atoms with Gasteiger partial charge in [-0.15, -0.1) is 0 Å². The summed E-state index contributed by atoms with van der Waals surface area (Å²) in [4.78, 5) is 22.4. The molecular weight excluding hydrogens is 458 g/mol. The number of aliphatic hydroxyl groups is 1. The number of hydrogen-bond donors (Lipinski definition) is 2. The Bertz CT molecular complexity index is 1100. The maximum Gasteiger partial charge on any atom is 0.237 e. The van der Waals surface area contributed by atoms with E-state index in [0.29, 0.717) is 24.9 Å². The first kappa shape index (κ1) is 26.1. The van der Waals surface area contributed by atoms with Crippen LogP contribution in [0.3, 0.4) is 0 Å². The first-order valence-electron chi connectivity index (χ1n) is 12.8. The molecule has 0 aromatic carbocycles. The lowest BCUT2D eigenvalue weighted by molar-refractivity contribution is -0.126. The predicted molar refractivity (Wildman–Crippen MR) is 141 cm³/mol. The summed E-state index contributed by atoms with van der Waals surface area (Å²) in [5, 5.41) is 14.7. The van der Waals surface area contributed by atoms with Crippen molar-refractivity contribution in [3.63, 3.8) is 0 Å². The summed E-state index contributed by atoms with van der Waals surface area (Å²) in [5.41, 5.74) is 7.66. The molecule has 2 aliphatic rings. The highest BCUT2D eigenvalue weighted by Crippen LogP contribution is 2.37. The summed E-state index contributed by atoms with van der Waals surface area (Å²) < 4.78 is 9.22. The molecule has 1 saturated heterocycles. The molecule has 10 heteroatoms. The van der Waals surface area contributed by atoms with E-state index in [2.05, 4.69) is 51.1 Å². The third kappa shape index (κ3) is 5.87. The second-order valence-corrected chi connectivity index (χ2v) is 10.2. The summed E-state index contributed by atoms with van der Waals surface area (Å²) in [6.07, 6.45) is 7.73. The number of carbonyl (C=O) groups is 1. The standard InChI is InChI=1S/C26H39N7O3/c1-17(16-36-5)29-26(27-3)30-33-18(2)23(11-24(33)20-6-8-22(34)9-7-20)21-12-28-32(15-21)14-19-10-25(35)31(4)13-19/h11-12,15,17,19-20,22,34H,3,6-10,13-14,16H2,1-2,4-5H3,(H,29,30)/t17-,19?,20?,22?/m0/s1. The summed E-state index contributed by atoms with van der Waals surface area (Å²) in [7, 11) is 3.51. The van der Waals surface area contributed by atoms with Crippen molar-refractivity contribution >= 4 is 18.6 Å². The van der Waals surface area contributed by atoms with Gasteiger partial charge in [-0.3, -0.25) is 19.6 Å². The smallest absolute Gasteiger partial charge is 0.237 e. The molecule has 1 aliphatic heterocycles. The van der Waals surface area contributed by atoms with Crippen molar-refractivity contribution in [2.45, 2.75) is 70.6 Å². The first-order chi connectivity index (χ1) is 17.3. The molecule has 4 rings (SSSR count). The van der Waals surface area contributed by atoms with Crippen LogP contribution < -0.4 is 5.43 Å². The number of aliphatic imine (C=N–C) groups is 2. The van der Waals surface area contributed by atoms with Crippen LogP contribution in [0.2, 0.25) is 0 Å². The van der Waals surface area contributed by atoms with E-state index < -0.39 is 0 Å². The quantitative estimate of drug-likeness (QED) is 0.431. The fraction of sp³-hybridized carbons (Fsp3) is 0.615. The molecule has 36 heavy (non-hydrogen) atoms. The minimum Gasteiger partial charge on any atom is -0.393 e. The van der Waals surface area contributed by atoms with Crippen LogP contribution in [0.25, 0.3) is 11.1 Å². The molecule has 1 aliphatic carbocycles. The fourth-order valence-corrected chi connectivity index (χ4v) is 5.38. The van der Waals surface area contributed by atoms with Gasteiger partial charge in [0.25, 0.3) is 0 Å². The number of nitrogens with zero attached hydrogens (tertiary/aromatic N) is 6. The number of aromatic nitrogens is 3. The van der Waals surface area contributed by atoms with E-state index >= 15 is 0 Å². The first-order valence-corrected chi connectivity index (χ1v) is 12.8. The number of likely N-dealkylation sites (tertiary alicyclic amines) is 1. The Kier molecular flexibility index (Phi) is 8.25. The number of carbonyl (C=O) groups excluding carboxylic acids is 1. The van der Waals surface area contributed by atoms with Crippen molar-refractivity contribution in [3.05, 3.63) is 29.8 Å². The van der Waals surface area contributed by atoms with Crippen molar-refractivity contribution in [2.75, 3.05) is 32.7 Å². The average Bonchev–Trinajstić information content (AvgIpc) is 3.52. The maximum absolute atomic E-state index is 11.9. The van der Waals surface area contributed by atoms with E-state index in [1.165, 1.54) is 0 Å². The van der Waals surface area contributed by atoms with E-state index in [4.69, 9.17) is 4.74 Å².